The highest BCUT2D eigenvalue weighted by molar-refractivity contribution is 5.88. The van der Waals surface area contributed by atoms with E-state index in [1.54, 1.807) is 17.0 Å². The minimum Gasteiger partial charge on any atom is -0.354 e. The van der Waals surface area contributed by atoms with Crippen molar-refractivity contribution in [3.05, 3.63) is 107 Å². The Kier molecular flexibility index (Phi) is 8.76. The average Bonchev–Trinajstić information content (AvgIpc) is 2.83. The van der Waals surface area contributed by atoms with Gasteiger partial charge in [0.1, 0.15) is 11.9 Å². The van der Waals surface area contributed by atoms with Crippen LogP contribution in [0, 0.1) is 12.7 Å². The van der Waals surface area contributed by atoms with E-state index < -0.39 is 6.04 Å². The second-order valence-electron chi connectivity index (χ2n) is 8.31. The smallest absolute Gasteiger partial charge is 0.243 e. The van der Waals surface area contributed by atoms with E-state index in [9.17, 15) is 14.0 Å². The van der Waals surface area contributed by atoms with Crippen molar-refractivity contribution < 1.29 is 14.0 Å². The molecule has 3 rings (SSSR count). The summed E-state index contributed by atoms with van der Waals surface area (Å²) in [5, 5.41) is 2.96. The maximum Gasteiger partial charge on any atom is 0.243 e. The van der Waals surface area contributed by atoms with Crippen molar-refractivity contribution in [3.63, 3.8) is 0 Å². The first-order valence-electron chi connectivity index (χ1n) is 11.4. The lowest BCUT2D eigenvalue weighted by Crippen LogP contribution is -2.51. The second kappa shape index (κ2) is 12.0. The van der Waals surface area contributed by atoms with Gasteiger partial charge in [0.25, 0.3) is 0 Å². The van der Waals surface area contributed by atoms with Crippen molar-refractivity contribution in [2.45, 2.75) is 45.7 Å². The molecule has 5 heteroatoms. The molecule has 0 saturated heterocycles. The number of hydrogen-bond donors (Lipinski definition) is 1. The summed E-state index contributed by atoms with van der Waals surface area (Å²) in [5.74, 6) is -0.659. The first-order chi connectivity index (χ1) is 16.0. The summed E-state index contributed by atoms with van der Waals surface area (Å²) in [6, 6.07) is 22.9. The highest BCUT2D eigenvalue weighted by Crippen LogP contribution is 2.17. The van der Waals surface area contributed by atoms with E-state index in [0.717, 1.165) is 28.7 Å². The van der Waals surface area contributed by atoms with Crippen molar-refractivity contribution in [2.24, 2.45) is 0 Å². The predicted molar refractivity (Wildman–Crippen MR) is 129 cm³/mol. The Morgan fingerprint density at radius 2 is 1.52 bits per heavy atom. The third-order valence-electron chi connectivity index (χ3n) is 5.56. The minimum absolute atomic E-state index is 0.143. The van der Waals surface area contributed by atoms with Gasteiger partial charge < -0.3 is 10.2 Å². The van der Waals surface area contributed by atoms with Crippen LogP contribution in [0.2, 0.25) is 0 Å². The van der Waals surface area contributed by atoms with Gasteiger partial charge in [-0.1, -0.05) is 79.2 Å². The highest BCUT2D eigenvalue weighted by atomic mass is 19.1. The fourth-order valence-electron chi connectivity index (χ4n) is 3.69. The maximum absolute atomic E-state index is 13.6. The lowest BCUT2D eigenvalue weighted by atomic mass is 10.0. The molecule has 0 fully saturated rings. The normalized spacial score (nSPS) is 11.6. The summed E-state index contributed by atoms with van der Waals surface area (Å²) in [5.41, 5.74) is 3.76. The van der Waals surface area contributed by atoms with Crippen LogP contribution in [-0.4, -0.2) is 29.3 Å². The molecular weight excluding hydrogens is 415 g/mol. The van der Waals surface area contributed by atoms with Gasteiger partial charge in [-0.3, -0.25) is 9.59 Å². The number of nitrogens with zero attached hydrogens (tertiary/aromatic N) is 1. The topological polar surface area (TPSA) is 49.4 Å². The molecule has 3 aromatic rings. The number of aryl methyl sites for hydroxylation is 1. The zero-order valence-corrected chi connectivity index (χ0v) is 19.3. The third kappa shape index (κ3) is 7.28. The monoisotopic (exact) mass is 446 g/mol. The van der Waals surface area contributed by atoms with Crippen molar-refractivity contribution in [1.29, 1.82) is 0 Å². The average molecular weight is 447 g/mol. The molecule has 0 aliphatic carbocycles. The second-order valence-corrected chi connectivity index (χ2v) is 8.31. The quantitative estimate of drug-likeness (QED) is 0.484. The van der Waals surface area contributed by atoms with Gasteiger partial charge in [0.05, 0.1) is 6.42 Å². The molecule has 0 aromatic heterocycles. The van der Waals surface area contributed by atoms with Crippen molar-refractivity contribution >= 4 is 11.8 Å². The van der Waals surface area contributed by atoms with Gasteiger partial charge in [-0.2, -0.15) is 0 Å². The number of amides is 2. The summed E-state index contributed by atoms with van der Waals surface area (Å²) in [6.07, 6.45) is 1.39. The van der Waals surface area contributed by atoms with Gasteiger partial charge in [-0.15, -0.1) is 0 Å². The number of rotatable bonds is 10. The molecule has 2 amide bonds. The highest BCUT2D eigenvalue weighted by Gasteiger charge is 2.30. The number of halogens is 1. The zero-order chi connectivity index (χ0) is 23.6. The molecule has 4 nitrogen and oxygen atoms in total. The first kappa shape index (κ1) is 24.2. The standard InChI is InChI=1S/C28H31FN2O2/c1-3-17-30-28(33)26(18-22-7-5-4-6-8-22)31(20-24-13-15-25(29)16-14-24)27(32)19-23-11-9-21(2)10-12-23/h4-16,26H,3,17-20H2,1-2H3,(H,30,33). The van der Waals surface area contributed by atoms with Crippen LogP contribution in [0.1, 0.15) is 35.6 Å². The number of hydrogen-bond acceptors (Lipinski definition) is 2. The van der Waals surface area contributed by atoms with Gasteiger partial charge in [0.15, 0.2) is 0 Å². The molecule has 3 aromatic carbocycles. The zero-order valence-electron chi connectivity index (χ0n) is 19.3. The van der Waals surface area contributed by atoms with Gasteiger partial charge in [-0.05, 0) is 42.2 Å². The van der Waals surface area contributed by atoms with Crippen molar-refractivity contribution in [3.8, 4) is 0 Å². The van der Waals surface area contributed by atoms with Crippen LogP contribution in [0.5, 0.6) is 0 Å². The van der Waals surface area contributed by atoms with Crippen LogP contribution in [0.4, 0.5) is 4.39 Å². The molecular formula is C28H31FN2O2. The summed E-state index contributed by atoms with van der Waals surface area (Å²) in [7, 11) is 0. The third-order valence-corrected chi connectivity index (χ3v) is 5.56. The van der Waals surface area contributed by atoms with E-state index in [4.69, 9.17) is 0 Å². The Morgan fingerprint density at radius 3 is 2.15 bits per heavy atom. The Morgan fingerprint density at radius 1 is 0.879 bits per heavy atom. The van der Waals surface area contributed by atoms with Crippen molar-refractivity contribution in [1.82, 2.24) is 10.2 Å². The van der Waals surface area contributed by atoms with Gasteiger partial charge >= 0.3 is 0 Å². The van der Waals surface area contributed by atoms with E-state index in [1.807, 2.05) is 68.4 Å². The molecule has 0 aliphatic heterocycles. The predicted octanol–water partition coefficient (Wildman–Crippen LogP) is 4.84. The number of carbonyl (C=O) groups excluding carboxylic acids is 2. The van der Waals surface area contributed by atoms with E-state index in [2.05, 4.69) is 5.32 Å². The number of benzene rings is 3. The van der Waals surface area contributed by atoms with Crippen LogP contribution in [0.3, 0.4) is 0 Å². The summed E-state index contributed by atoms with van der Waals surface area (Å²) in [4.78, 5) is 28.4. The maximum atomic E-state index is 13.6. The molecule has 172 valence electrons. The molecule has 0 radical (unpaired) electrons. The molecule has 0 aliphatic rings. The fraction of sp³-hybridized carbons (Fsp3) is 0.286. The molecule has 0 bridgehead atoms. The lowest BCUT2D eigenvalue weighted by Gasteiger charge is -2.31. The summed E-state index contributed by atoms with van der Waals surface area (Å²) in [6.45, 7) is 4.76. The van der Waals surface area contributed by atoms with Crippen LogP contribution in [-0.2, 0) is 29.0 Å². The van der Waals surface area contributed by atoms with Gasteiger partial charge in [0.2, 0.25) is 11.8 Å². The molecule has 1 atom stereocenters. The molecule has 33 heavy (non-hydrogen) atoms. The van der Waals surface area contributed by atoms with Crippen LogP contribution in [0.15, 0.2) is 78.9 Å². The van der Waals surface area contributed by atoms with Crippen LogP contribution >= 0.6 is 0 Å². The Hall–Kier alpha value is -3.47. The van der Waals surface area contributed by atoms with Gasteiger partial charge in [-0.25, -0.2) is 4.39 Å². The van der Waals surface area contributed by atoms with E-state index in [1.165, 1.54) is 12.1 Å². The molecule has 1 unspecified atom stereocenters. The molecule has 0 saturated carbocycles. The Labute approximate surface area is 195 Å². The van der Waals surface area contributed by atoms with Crippen LogP contribution < -0.4 is 5.32 Å². The lowest BCUT2D eigenvalue weighted by molar-refractivity contribution is -0.140. The number of carbonyl (C=O) groups is 2. The molecule has 0 spiro atoms. The largest absolute Gasteiger partial charge is 0.354 e. The summed E-state index contributed by atoms with van der Waals surface area (Å²) >= 11 is 0. The minimum atomic E-state index is -0.679. The van der Waals surface area contributed by atoms with E-state index in [-0.39, 0.29) is 30.6 Å². The number of nitrogens with one attached hydrogen (secondary N) is 1. The Bertz CT molecular complexity index is 1030. The van der Waals surface area contributed by atoms with E-state index in [0.29, 0.717) is 13.0 Å². The fourth-order valence-corrected chi connectivity index (χ4v) is 3.69. The molecule has 0 heterocycles. The Balaban J connectivity index is 1.93. The summed E-state index contributed by atoms with van der Waals surface area (Å²) < 4.78 is 13.5. The molecule has 1 N–H and O–H groups in total. The van der Waals surface area contributed by atoms with E-state index >= 15 is 0 Å². The van der Waals surface area contributed by atoms with Crippen molar-refractivity contribution in [2.75, 3.05) is 6.54 Å². The van der Waals surface area contributed by atoms with Gasteiger partial charge in [0, 0.05) is 19.5 Å². The SMILES string of the molecule is CCCNC(=O)C(Cc1ccccc1)N(Cc1ccc(F)cc1)C(=O)Cc1ccc(C)cc1. The first-order valence-corrected chi connectivity index (χ1v) is 11.4. The van der Waals surface area contributed by atoms with Crippen LogP contribution in [0.25, 0.3) is 0 Å².